The number of hydrogen-bond acceptors (Lipinski definition) is 5. The molecule has 0 amide bonds. The second kappa shape index (κ2) is 8.14. The molecule has 1 aliphatic heterocycles. The predicted octanol–water partition coefficient (Wildman–Crippen LogP) is 5.62. The normalized spacial score (nSPS) is 15.5. The van der Waals surface area contributed by atoms with Crippen molar-refractivity contribution >= 4 is 41.6 Å². The topological polar surface area (TPSA) is 96.7 Å². The smallest absolute Gasteiger partial charge is 0.258 e. The average Bonchev–Trinajstić information content (AvgIpc) is 2.57. The fraction of sp³-hybridized carbons (Fsp3) is 0.556. The van der Waals surface area contributed by atoms with Crippen LogP contribution in [-0.2, 0) is 20.4 Å². The van der Waals surface area contributed by atoms with Crippen LogP contribution in [0.5, 0.6) is 0 Å². The van der Waals surface area contributed by atoms with Crippen molar-refractivity contribution in [3.63, 3.8) is 0 Å². The van der Waals surface area contributed by atoms with Gasteiger partial charge in [-0.1, -0.05) is 47.9 Å². The van der Waals surface area contributed by atoms with Gasteiger partial charge >= 0.3 is 0 Å². The van der Waals surface area contributed by atoms with Gasteiger partial charge in [0.25, 0.3) is 5.90 Å². The first-order valence-electron chi connectivity index (χ1n) is 8.67. The molecule has 27 heavy (non-hydrogen) atoms. The van der Waals surface area contributed by atoms with Gasteiger partial charge in [-0.2, -0.15) is 0 Å². The minimum atomic E-state index is -2.03. The average molecular weight is 453 g/mol. The number of aliphatic imine (C=N–C) groups is 1. The summed E-state index contributed by atoms with van der Waals surface area (Å²) in [6.45, 7) is 11.0. The van der Waals surface area contributed by atoms with Crippen LogP contribution < -0.4 is 0 Å². The number of hydrogen-bond donors (Lipinski definition) is 0. The second-order valence-corrected chi connectivity index (χ2v) is 13.6. The van der Waals surface area contributed by atoms with E-state index >= 15 is 0 Å². The minimum absolute atomic E-state index is 0.0368. The van der Waals surface area contributed by atoms with Gasteiger partial charge in [0.15, 0.2) is 8.32 Å². The van der Waals surface area contributed by atoms with Crippen LogP contribution in [0.2, 0.25) is 18.1 Å². The summed E-state index contributed by atoms with van der Waals surface area (Å²) in [6.07, 6.45) is 0.203. The molecule has 0 aromatic heterocycles. The van der Waals surface area contributed by atoms with Crippen molar-refractivity contribution in [1.82, 2.24) is 0 Å². The summed E-state index contributed by atoms with van der Waals surface area (Å²) in [6, 6.07) is 3.13. The highest BCUT2D eigenvalue weighted by Crippen LogP contribution is 2.42. The van der Waals surface area contributed by atoms with Crippen molar-refractivity contribution in [3.8, 4) is 0 Å². The number of nitrogens with zero attached hydrogens (tertiary/aromatic N) is 4. The van der Waals surface area contributed by atoms with Gasteiger partial charge in [0.2, 0.25) is 5.78 Å². The van der Waals surface area contributed by atoms with Crippen molar-refractivity contribution in [2.45, 2.75) is 51.4 Å². The SMILES string of the molecule is COC1=Nc2c(ccc(Br)c2C(CO[Si](C)(C)C(C)(C)C)N=[N+]=[N-])CC1=O. The van der Waals surface area contributed by atoms with Crippen LogP contribution in [0.3, 0.4) is 0 Å². The van der Waals surface area contributed by atoms with Crippen molar-refractivity contribution in [2.24, 2.45) is 10.1 Å². The number of Topliss-reactive ketones (excluding diaryl/α,β-unsaturated/α-hetero) is 1. The molecule has 0 spiro atoms. The fourth-order valence-electron chi connectivity index (χ4n) is 2.53. The maximum absolute atomic E-state index is 12.1. The van der Waals surface area contributed by atoms with Gasteiger partial charge in [-0.25, -0.2) is 4.99 Å². The second-order valence-electron chi connectivity index (χ2n) is 7.98. The Morgan fingerprint density at radius 1 is 1.41 bits per heavy atom. The summed E-state index contributed by atoms with van der Waals surface area (Å²) in [4.78, 5) is 19.5. The number of halogens is 1. The van der Waals surface area contributed by atoms with Crippen LogP contribution in [-0.4, -0.2) is 33.7 Å². The Bertz CT molecular complexity index is 827. The molecule has 1 unspecified atom stereocenters. The standard InChI is InChI=1S/C18H25BrN4O3Si/c1-18(2,3)27(5,6)26-10-13(22-23-20)15-12(19)8-7-11-9-14(24)17(25-4)21-16(11)15/h7-8,13H,9-10H2,1-6H3. The van der Waals surface area contributed by atoms with Crippen LogP contribution >= 0.6 is 15.9 Å². The molecule has 146 valence electrons. The Hall–Kier alpha value is -1.67. The highest BCUT2D eigenvalue weighted by molar-refractivity contribution is 9.10. The van der Waals surface area contributed by atoms with Gasteiger partial charge in [-0.3, -0.25) is 4.79 Å². The summed E-state index contributed by atoms with van der Waals surface area (Å²) in [7, 11) is -0.606. The lowest BCUT2D eigenvalue weighted by atomic mass is 9.96. The number of fused-ring (bicyclic) bond motifs is 1. The number of azide groups is 1. The maximum atomic E-state index is 12.1. The zero-order chi connectivity index (χ0) is 20.4. The van der Waals surface area contributed by atoms with E-state index in [1.165, 1.54) is 7.11 Å². The Balaban J connectivity index is 2.48. The molecule has 0 fully saturated rings. The van der Waals surface area contributed by atoms with Crippen molar-refractivity contribution in [2.75, 3.05) is 13.7 Å². The molecule has 1 aromatic rings. The Morgan fingerprint density at radius 3 is 2.63 bits per heavy atom. The van der Waals surface area contributed by atoms with E-state index in [-0.39, 0.29) is 29.7 Å². The number of carbonyl (C=O) groups is 1. The van der Waals surface area contributed by atoms with Gasteiger partial charge in [0.1, 0.15) is 0 Å². The summed E-state index contributed by atoms with van der Waals surface area (Å²) < 4.78 is 12.2. The Labute approximate surface area is 169 Å². The van der Waals surface area contributed by atoms with Gasteiger partial charge in [0.05, 0.1) is 18.8 Å². The largest absolute Gasteiger partial charge is 0.478 e. The van der Waals surface area contributed by atoms with Crippen LogP contribution in [0, 0.1) is 0 Å². The minimum Gasteiger partial charge on any atom is -0.478 e. The first-order chi connectivity index (χ1) is 12.5. The molecular weight excluding hydrogens is 428 g/mol. The van der Waals surface area contributed by atoms with E-state index in [9.17, 15) is 4.79 Å². The van der Waals surface area contributed by atoms with Crippen LogP contribution in [0.4, 0.5) is 5.69 Å². The summed E-state index contributed by atoms with van der Waals surface area (Å²) in [5.74, 6) is -0.108. The van der Waals surface area contributed by atoms with Gasteiger partial charge < -0.3 is 9.16 Å². The van der Waals surface area contributed by atoms with E-state index in [1.807, 2.05) is 12.1 Å². The van der Waals surface area contributed by atoms with Crippen molar-refractivity contribution in [1.29, 1.82) is 0 Å². The first kappa shape index (κ1) is 21.6. The molecule has 0 saturated carbocycles. The molecule has 0 bridgehead atoms. The highest BCUT2D eigenvalue weighted by Gasteiger charge is 2.38. The highest BCUT2D eigenvalue weighted by atomic mass is 79.9. The number of methoxy groups -OCH3 is 1. The summed E-state index contributed by atoms with van der Waals surface area (Å²) in [5.41, 5.74) is 11.2. The monoisotopic (exact) mass is 452 g/mol. The van der Waals surface area contributed by atoms with Crippen LogP contribution in [0.15, 0.2) is 26.7 Å². The molecule has 1 heterocycles. The number of benzene rings is 1. The van der Waals surface area contributed by atoms with Crippen LogP contribution in [0.1, 0.15) is 37.9 Å². The Morgan fingerprint density at radius 2 is 2.07 bits per heavy atom. The number of ether oxygens (including phenoxy) is 1. The molecule has 9 heteroatoms. The zero-order valence-corrected chi connectivity index (χ0v) is 19.1. The Kier molecular flexibility index (Phi) is 6.52. The van der Waals surface area contributed by atoms with Crippen molar-refractivity contribution in [3.05, 3.63) is 38.2 Å². The molecule has 0 saturated heterocycles. The number of carbonyl (C=O) groups excluding carboxylic acids is 1. The number of ketones is 1. The summed E-state index contributed by atoms with van der Waals surface area (Å²) >= 11 is 3.54. The molecular formula is C18H25BrN4O3Si. The fourth-order valence-corrected chi connectivity index (χ4v) is 4.12. The quantitative estimate of drug-likeness (QED) is 0.250. The van der Waals surface area contributed by atoms with E-state index in [0.717, 1.165) is 10.0 Å². The third-order valence-electron chi connectivity index (χ3n) is 5.18. The lowest BCUT2D eigenvalue weighted by Crippen LogP contribution is -2.41. The van der Waals surface area contributed by atoms with Gasteiger partial charge in [-0.05, 0) is 35.3 Å². The number of rotatable bonds is 5. The van der Waals surface area contributed by atoms with Crippen LogP contribution in [0.25, 0.3) is 10.4 Å². The van der Waals surface area contributed by atoms with E-state index in [4.69, 9.17) is 14.7 Å². The van der Waals surface area contributed by atoms with Gasteiger partial charge in [0, 0.05) is 28.0 Å². The first-order valence-corrected chi connectivity index (χ1v) is 12.4. The molecule has 2 rings (SSSR count). The lowest BCUT2D eigenvalue weighted by Gasteiger charge is -2.37. The van der Waals surface area contributed by atoms with E-state index in [0.29, 0.717) is 11.3 Å². The molecule has 0 aliphatic carbocycles. The molecule has 0 radical (unpaired) electrons. The van der Waals surface area contributed by atoms with Gasteiger partial charge in [-0.15, -0.1) is 0 Å². The third-order valence-corrected chi connectivity index (χ3v) is 10.4. The van der Waals surface area contributed by atoms with E-state index in [1.54, 1.807) is 0 Å². The molecule has 0 N–H and O–H groups in total. The third kappa shape index (κ3) is 4.60. The molecule has 1 aromatic carbocycles. The predicted molar refractivity (Wildman–Crippen MR) is 112 cm³/mol. The molecule has 1 atom stereocenters. The molecule has 7 nitrogen and oxygen atoms in total. The van der Waals surface area contributed by atoms with E-state index in [2.05, 4.69) is 64.8 Å². The van der Waals surface area contributed by atoms with E-state index < -0.39 is 14.4 Å². The molecule has 1 aliphatic rings. The zero-order valence-electron chi connectivity index (χ0n) is 16.5. The summed E-state index contributed by atoms with van der Waals surface area (Å²) in [5, 5.41) is 4.01. The van der Waals surface area contributed by atoms with Crippen molar-refractivity contribution < 1.29 is 14.0 Å². The lowest BCUT2D eigenvalue weighted by molar-refractivity contribution is -0.113. The maximum Gasteiger partial charge on any atom is 0.258 e.